The normalized spacial score (nSPS) is 13.8. The molecule has 296 valence electrons. The summed E-state index contributed by atoms with van der Waals surface area (Å²) >= 11 is 6.02. The number of carbonyl (C=O) groups excluding carboxylic acids is 4. The average molecular weight is 820 g/mol. The predicted octanol–water partition coefficient (Wildman–Crippen LogP) is 3.25. The number of hydrogen-bond acceptors (Lipinski definition) is 13. The van der Waals surface area contributed by atoms with Crippen molar-refractivity contribution in [2.24, 2.45) is 0 Å². The van der Waals surface area contributed by atoms with E-state index in [1.165, 1.54) is 49.5 Å². The number of hydrogen-bond donors (Lipinski definition) is 6. The van der Waals surface area contributed by atoms with Gasteiger partial charge in [0.25, 0.3) is 5.91 Å². The van der Waals surface area contributed by atoms with Crippen molar-refractivity contribution in [2.75, 3.05) is 43.3 Å². The van der Waals surface area contributed by atoms with Gasteiger partial charge in [-0.2, -0.15) is 28.1 Å². The van der Waals surface area contributed by atoms with Gasteiger partial charge in [0.15, 0.2) is 6.61 Å². The first-order valence-corrected chi connectivity index (χ1v) is 18.2. The van der Waals surface area contributed by atoms with E-state index in [9.17, 15) is 40.8 Å². The van der Waals surface area contributed by atoms with Gasteiger partial charge in [0.05, 0.1) is 17.5 Å². The van der Waals surface area contributed by atoms with E-state index in [-0.39, 0.29) is 28.0 Å². The number of halogens is 4. The van der Waals surface area contributed by atoms with Crippen LogP contribution in [0.3, 0.4) is 0 Å². The Morgan fingerprint density at radius 2 is 1.59 bits per heavy atom. The molecule has 1 fully saturated rings. The van der Waals surface area contributed by atoms with Gasteiger partial charge in [-0.3, -0.25) is 14.4 Å². The van der Waals surface area contributed by atoms with Crippen LogP contribution in [-0.4, -0.2) is 86.6 Å². The molecule has 56 heavy (non-hydrogen) atoms. The summed E-state index contributed by atoms with van der Waals surface area (Å²) in [6.07, 6.45) is -3.29. The molecule has 1 aliphatic rings. The minimum atomic E-state index is -4.66. The standard InChI is InChI=1S/C34H33ClF3N9O8S/c1-39-56(52,53)24-5-3-4-23(16-24)41-28(50)27(49)40-17-25(29(51)54-2)43-26(48)19-6-12-22(13-7-19)42-30-44-31(46-32(45-30)55-18-34(36,37)38)47-33(14-15-33)20-8-10-21(35)11-9-20/h3-13,16,25,39H,14-15,17-18H2,1-2H3,(H,40,49)(H,41,50)(H,43,48)(H2,42,44,45,46,47)/t25-/m0/s1. The third kappa shape index (κ3) is 11.0. The van der Waals surface area contributed by atoms with Gasteiger partial charge in [0.1, 0.15) is 6.04 Å². The summed E-state index contributed by atoms with van der Waals surface area (Å²) in [6, 6.07) is 15.7. The number of carbonyl (C=O) groups is 4. The monoisotopic (exact) mass is 819 g/mol. The SMILES string of the molecule is CNS(=O)(=O)c1cccc(NC(=O)C(=O)NC[C@H](NC(=O)c2ccc(Nc3nc(NC4(c5ccc(Cl)cc5)CC4)nc(OCC(F)(F)F)n3)cc2)C(=O)OC)c1. The number of sulfonamides is 1. The highest BCUT2D eigenvalue weighted by Gasteiger charge is 2.45. The fourth-order valence-corrected chi connectivity index (χ4v) is 5.91. The molecule has 22 heteroatoms. The summed E-state index contributed by atoms with van der Waals surface area (Å²) < 4.78 is 74.6. The molecule has 17 nitrogen and oxygen atoms in total. The van der Waals surface area contributed by atoms with Crippen LogP contribution in [0.25, 0.3) is 0 Å². The summed E-state index contributed by atoms with van der Waals surface area (Å²) in [6.45, 7) is -2.21. The number of methoxy groups -OCH3 is 1. The molecule has 0 spiro atoms. The zero-order valence-corrected chi connectivity index (χ0v) is 30.9. The van der Waals surface area contributed by atoms with Crippen LogP contribution in [0, 0.1) is 0 Å². The molecule has 0 radical (unpaired) electrons. The van der Waals surface area contributed by atoms with Crippen molar-refractivity contribution >= 4 is 68.6 Å². The molecule has 5 rings (SSSR count). The number of benzene rings is 3. The van der Waals surface area contributed by atoms with E-state index in [0.29, 0.717) is 23.6 Å². The molecule has 1 aromatic heterocycles. The van der Waals surface area contributed by atoms with E-state index < -0.39 is 70.6 Å². The predicted molar refractivity (Wildman–Crippen MR) is 195 cm³/mol. The quantitative estimate of drug-likeness (QED) is 0.0748. The van der Waals surface area contributed by atoms with Crippen molar-refractivity contribution in [1.29, 1.82) is 0 Å². The zero-order chi connectivity index (χ0) is 40.7. The second-order valence-electron chi connectivity index (χ2n) is 12.0. The first-order valence-electron chi connectivity index (χ1n) is 16.4. The second-order valence-corrected chi connectivity index (χ2v) is 14.4. The number of amides is 3. The molecular weight excluding hydrogens is 787 g/mol. The highest BCUT2D eigenvalue weighted by atomic mass is 35.5. The molecular formula is C34H33ClF3N9O8S. The Bertz CT molecular complexity index is 2210. The number of alkyl halides is 3. The molecule has 1 aliphatic carbocycles. The van der Waals surface area contributed by atoms with E-state index in [1.807, 2.05) is 12.1 Å². The minimum Gasteiger partial charge on any atom is -0.467 e. The average Bonchev–Trinajstić information content (AvgIpc) is 3.95. The summed E-state index contributed by atoms with van der Waals surface area (Å²) in [4.78, 5) is 62.6. The third-order valence-corrected chi connectivity index (χ3v) is 9.68. The van der Waals surface area contributed by atoms with Crippen LogP contribution < -0.4 is 36.0 Å². The number of nitrogens with one attached hydrogen (secondary N) is 6. The van der Waals surface area contributed by atoms with Crippen LogP contribution in [0.5, 0.6) is 6.01 Å². The van der Waals surface area contributed by atoms with Gasteiger partial charge in [-0.25, -0.2) is 17.9 Å². The third-order valence-electron chi connectivity index (χ3n) is 8.02. The lowest BCUT2D eigenvalue weighted by atomic mass is 10.1. The number of esters is 1. The molecule has 1 saturated carbocycles. The molecule has 6 N–H and O–H groups in total. The van der Waals surface area contributed by atoms with Crippen LogP contribution in [-0.2, 0) is 34.7 Å². The van der Waals surface area contributed by atoms with Gasteiger partial charge in [0, 0.05) is 28.5 Å². The van der Waals surface area contributed by atoms with E-state index in [1.54, 1.807) is 12.1 Å². The van der Waals surface area contributed by atoms with Crippen molar-refractivity contribution in [3.05, 3.63) is 88.9 Å². The number of rotatable bonds is 15. The highest BCUT2D eigenvalue weighted by molar-refractivity contribution is 7.89. The Kier molecular flexibility index (Phi) is 12.6. The fraction of sp³-hybridized carbons (Fsp3) is 0.265. The Morgan fingerprint density at radius 3 is 2.21 bits per heavy atom. The summed E-state index contributed by atoms with van der Waals surface area (Å²) in [5.41, 5.74) is 0.629. The minimum absolute atomic E-state index is 0.000800. The largest absolute Gasteiger partial charge is 0.467 e. The number of nitrogens with zero attached hydrogens (tertiary/aromatic N) is 3. The maximum atomic E-state index is 13.1. The molecule has 1 heterocycles. The van der Waals surface area contributed by atoms with Gasteiger partial charge in [-0.1, -0.05) is 29.8 Å². The molecule has 1 atom stereocenters. The van der Waals surface area contributed by atoms with Crippen molar-refractivity contribution in [2.45, 2.75) is 35.5 Å². The highest BCUT2D eigenvalue weighted by Crippen LogP contribution is 2.48. The molecule has 3 amide bonds. The van der Waals surface area contributed by atoms with Gasteiger partial charge >= 0.3 is 30.0 Å². The lowest BCUT2D eigenvalue weighted by molar-refractivity contribution is -0.154. The molecule has 0 saturated heterocycles. The topological polar surface area (TPSA) is 232 Å². The van der Waals surface area contributed by atoms with Crippen LogP contribution >= 0.6 is 11.6 Å². The summed E-state index contributed by atoms with van der Waals surface area (Å²) in [5, 5.41) is 13.4. The molecule has 0 unspecified atom stereocenters. The first kappa shape index (κ1) is 41.1. The van der Waals surface area contributed by atoms with Crippen molar-refractivity contribution in [1.82, 2.24) is 30.3 Å². The fourth-order valence-electron chi connectivity index (χ4n) is 5.01. The zero-order valence-electron chi connectivity index (χ0n) is 29.4. The molecule has 4 aromatic rings. The van der Waals surface area contributed by atoms with Gasteiger partial charge in [-0.15, -0.1) is 0 Å². The first-order chi connectivity index (χ1) is 26.5. The number of ether oxygens (including phenoxy) is 2. The van der Waals surface area contributed by atoms with Gasteiger partial charge < -0.3 is 36.1 Å². The van der Waals surface area contributed by atoms with Crippen LogP contribution in [0.1, 0.15) is 28.8 Å². The lowest BCUT2D eigenvalue weighted by Gasteiger charge is -2.19. The van der Waals surface area contributed by atoms with Gasteiger partial charge in [-0.05, 0) is 80.1 Å². The molecule has 3 aromatic carbocycles. The van der Waals surface area contributed by atoms with Crippen molar-refractivity contribution in [3.8, 4) is 6.01 Å². The van der Waals surface area contributed by atoms with Crippen molar-refractivity contribution in [3.63, 3.8) is 0 Å². The van der Waals surface area contributed by atoms with E-state index >= 15 is 0 Å². The molecule has 0 aliphatic heterocycles. The Morgan fingerprint density at radius 1 is 0.911 bits per heavy atom. The maximum absolute atomic E-state index is 13.1. The maximum Gasteiger partial charge on any atom is 0.422 e. The number of aromatic nitrogens is 3. The smallest absolute Gasteiger partial charge is 0.422 e. The number of anilines is 4. The summed E-state index contributed by atoms with van der Waals surface area (Å²) in [5.74, 6) is -4.35. The van der Waals surface area contributed by atoms with Crippen LogP contribution in [0.2, 0.25) is 5.02 Å². The van der Waals surface area contributed by atoms with E-state index in [0.717, 1.165) is 18.7 Å². The van der Waals surface area contributed by atoms with E-state index in [4.69, 9.17) is 21.1 Å². The Balaban J connectivity index is 1.23. The second kappa shape index (κ2) is 17.2. The Hall–Kier alpha value is -6.06. The van der Waals surface area contributed by atoms with Crippen LogP contribution in [0.15, 0.2) is 77.7 Å². The van der Waals surface area contributed by atoms with Crippen molar-refractivity contribution < 1.29 is 50.2 Å². The molecule has 0 bridgehead atoms. The lowest BCUT2D eigenvalue weighted by Crippen LogP contribution is -2.50. The summed E-state index contributed by atoms with van der Waals surface area (Å²) in [7, 11) is -1.58. The Labute approximate surface area is 322 Å². The van der Waals surface area contributed by atoms with Crippen LogP contribution in [0.4, 0.5) is 36.4 Å². The van der Waals surface area contributed by atoms with Gasteiger partial charge in [0.2, 0.25) is 21.9 Å². The van der Waals surface area contributed by atoms with E-state index in [2.05, 4.69) is 46.3 Å².